The molecule has 1 aliphatic heterocycles. The number of carbonyl (C=O) groups excluding carboxylic acids is 1. The molecule has 124 valence electrons. The number of aromatic nitrogens is 2. The van der Waals surface area contributed by atoms with E-state index in [1.807, 2.05) is 17.9 Å². The number of hydrogen-bond donors (Lipinski definition) is 2. The van der Waals surface area contributed by atoms with Crippen LogP contribution in [0.15, 0.2) is 30.3 Å². The molecule has 0 bridgehead atoms. The fraction of sp³-hybridized carbons (Fsp3) is 0.389. The average Bonchev–Trinajstić information content (AvgIpc) is 3.09. The SMILES string of the molecule is Cc1cc(NC2CC(=O)N(C3Cc4ccccc4C3)C2)nc(N)n1. The second-order valence-corrected chi connectivity index (χ2v) is 6.68. The van der Waals surface area contributed by atoms with Crippen molar-refractivity contribution in [1.82, 2.24) is 14.9 Å². The maximum Gasteiger partial charge on any atom is 0.225 e. The van der Waals surface area contributed by atoms with Gasteiger partial charge >= 0.3 is 0 Å². The maximum atomic E-state index is 12.5. The van der Waals surface area contributed by atoms with Gasteiger partial charge < -0.3 is 16.0 Å². The van der Waals surface area contributed by atoms with Gasteiger partial charge in [-0.25, -0.2) is 4.98 Å². The molecule has 0 saturated carbocycles. The summed E-state index contributed by atoms with van der Waals surface area (Å²) >= 11 is 0. The van der Waals surface area contributed by atoms with Crippen LogP contribution in [0.25, 0.3) is 0 Å². The predicted molar refractivity (Wildman–Crippen MR) is 92.6 cm³/mol. The van der Waals surface area contributed by atoms with Crippen LogP contribution in [0.5, 0.6) is 0 Å². The molecule has 0 radical (unpaired) electrons. The first-order valence-electron chi connectivity index (χ1n) is 8.32. The summed E-state index contributed by atoms with van der Waals surface area (Å²) in [6, 6.07) is 10.7. The Hall–Kier alpha value is -2.63. The van der Waals surface area contributed by atoms with Crippen molar-refractivity contribution in [3.8, 4) is 0 Å². The van der Waals surface area contributed by atoms with E-state index in [-0.39, 0.29) is 23.9 Å². The van der Waals surface area contributed by atoms with E-state index in [4.69, 9.17) is 5.73 Å². The Morgan fingerprint density at radius 3 is 2.54 bits per heavy atom. The summed E-state index contributed by atoms with van der Waals surface area (Å²) in [5.74, 6) is 1.16. The Kier molecular flexibility index (Phi) is 3.59. The van der Waals surface area contributed by atoms with E-state index in [0.717, 1.165) is 18.5 Å². The number of carbonyl (C=O) groups is 1. The van der Waals surface area contributed by atoms with E-state index < -0.39 is 0 Å². The molecule has 1 aromatic carbocycles. The quantitative estimate of drug-likeness (QED) is 0.895. The largest absolute Gasteiger partial charge is 0.368 e. The monoisotopic (exact) mass is 323 g/mol. The number of likely N-dealkylation sites (tertiary alicyclic amines) is 1. The minimum absolute atomic E-state index is 0.0647. The summed E-state index contributed by atoms with van der Waals surface area (Å²) in [5.41, 5.74) is 9.25. The molecule has 1 fully saturated rings. The summed E-state index contributed by atoms with van der Waals surface area (Å²) in [7, 11) is 0. The van der Waals surface area contributed by atoms with Crippen molar-refractivity contribution in [2.24, 2.45) is 0 Å². The minimum Gasteiger partial charge on any atom is -0.368 e. The van der Waals surface area contributed by atoms with Crippen molar-refractivity contribution in [2.75, 3.05) is 17.6 Å². The van der Waals surface area contributed by atoms with Crippen molar-refractivity contribution in [3.05, 3.63) is 47.2 Å². The van der Waals surface area contributed by atoms with Gasteiger partial charge in [-0.1, -0.05) is 24.3 Å². The van der Waals surface area contributed by atoms with Crippen molar-refractivity contribution in [3.63, 3.8) is 0 Å². The van der Waals surface area contributed by atoms with Gasteiger partial charge in [0.25, 0.3) is 0 Å². The van der Waals surface area contributed by atoms with Gasteiger partial charge in [-0.05, 0) is 30.9 Å². The Balaban J connectivity index is 1.44. The molecule has 6 nitrogen and oxygen atoms in total. The Morgan fingerprint density at radius 2 is 1.88 bits per heavy atom. The van der Waals surface area contributed by atoms with E-state index in [9.17, 15) is 4.79 Å². The highest BCUT2D eigenvalue weighted by atomic mass is 16.2. The van der Waals surface area contributed by atoms with Crippen LogP contribution in [0.2, 0.25) is 0 Å². The van der Waals surface area contributed by atoms with E-state index in [1.54, 1.807) is 0 Å². The maximum absolute atomic E-state index is 12.5. The van der Waals surface area contributed by atoms with Crippen molar-refractivity contribution in [1.29, 1.82) is 0 Å². The molecule has 3 N–H and O–H groups in total. The zero-order chi connectivity index (χ0) is 16.7. The number of nitrogens with one attached hydrogen (secondary N) is 1. The zero-order valence-electron chi connectivity index (χ0n) is 13.7. The second kappa shape index (κ2) is 5.78. The molecule has 2 heterocycles. The van der Waals surface area contributed by atoms with Gasteiger partial charge in [-0.15, -0.1) is 0 Å². The van der Waals surface area contributed by atoms with Crippen molar-refractivity contribution < 1.29 is 4.79 Å². The molecule has 1 aliphatic carbocycles. The lowest BCUT2D eigenvalue weighted by atomic mass is 10.1. The molecule has 0 spiro atoms. The van der Waals surface area contributed by atoms with E-state index in [0.29, 0.717) is 18.8 Å². The Labute approximate surface area is 141 Å². The third-order valence-electron chi connectivity index (χ3n) is 4.85. The van der Waals surface area contributed by atoms with Crippen LogP contribution in [0.4, 0.5) is 11.8 Å². The number of hydrogen-bond acceptors (Lipinski definition) is 5. The molecule has 2 aromatic rings. The normalized spacial score (nSPS) is 20.5. The van der Waals surface area contributed by atoms with E-state index in [1.165, 1.54) is 11.1 Å². The molecule has 24 heavy (non-hydrogen) atoms. The highest BCUT2D eigenvalue weighted by molar-refractivity contribution is 5.80. The number of amides is 1. The topological polar surface area (TPSA) is 84.1 Å². The predicted octanol–water partition coefficient (Wildman–Crippen LogP) is 1.55. The molecule has 1 aromatic heterocycles. The second-order valence-electron chi connectivity index (χ2n) is 6.68. The molecular weight excluding hydrogens is 302 g/mol. The molecule has 1 unspecified atom stereocenters. The highest BCUT2D eigenvalue weighted by Crippen LogP contribution is 2.29. The zero-order valence-corrected chi connectivity index (χ0v) is 13.7. The van der Waals surface area contributed by atoms with Crippen LogP contribution in [-0.2, 0) is 17.6 Å². The molecule has 4 rings (SSSR count). The van der Waals surface area contributed by atoms with Gasteiger partial charge in [0.15, 0.2) is 0 Å². The fourth-order valence-corrected chi connectivity index (χ4v) is 3.81. The number of benzene rings is 1. The summed E-state index contributed by atoms with van der Waals surface area (Å²) in [6.45, 7) is 2.59. The van der Waals surface area contributed by atoms with Gasteiger partial charge in [-0.3, -0.25) is 4.79 Å². The first kappa shape index (κ1) is 14.9. The molecule has 1 amide bonds. The van der Waals surface area contributed by atoms with Crippen molar-refractivity contribution >= 4 is 17.7 Å². The minimum atomic E-state index is 0.0647. The summed E-state index contributed by atoms with van der Waals surface area (Å²) in [5, 5.41) is 3.33. The first-order chi connectivity index (χ1) is 11.6. The van der Waals surface area contributed by atoms with Gasteiger partial charge in [0, 0.05) is 30.8 Å². The Morgan fingerprint density at radius 1 is 1.17 bits per heavy atom. The number of nitrogens with two attached hydrogens (primary N) is 1. The standard InChI is InChI=1S/C18H21N5O/c1-11-6-16(22-18(19)20-11)21-14-9-17(24)23(10-14)15-7-12-4-2-3-5-13(12)8-15/h2-6,14-15H,7-10H2,1H3,(H3,19,20,21,22). The lowest BCUT2D eigenvalue weighted by molar-refractivity contribution is -0.129. The van der Waals surface area contributed by atoms with Crippen LogP contribution in [0.1, 0.15) is 23.2 Å². The van der Waals surface area contributed by atoms with E-state index >= 15 is 0 Å². The number of aryl methyl sites for hydroxylation is 1. The lowest BCUT2D eigenvalue weighted by Crippen LogP contribution is -2.38. The molecular formula is C18H21N5O. The number of rotatable bonds is 3. The van der Waals surface area contributed by atoms with Crippen LogP contribution in [-0.4, -0.2) is 39.4 Å². The highest BCUT2D eigenvalue weighted by Gasteiger charge is 2.37. The summed E-state index contributed by atoms with van der Waals surface area (Å²) < 4.78 is 0. The molecule has 1 atom stereocenters. The first-order valence-corrected chi connectivity index (χ1v) is 8.32. The molecule has 1 saturated heterocycles. The number of nitrogen functional groups attached to an aromatic ring is 1. The van der Waals surface area contributed by atoms with E-state index in [2.05, 4.69) is 39.6 Å². The summed E-state index contributed by atoms with van der Waals surface area (Å²) in [6.07, 6.45) is 2.40. The molecule has 6 heteroatoms. The lowest BCUT2D eigenvalue weighted by Gasteiger charge is -2.24. The number of nitrogens with zero attached hydrogens (tertiary/aromatic N) is 3. The van der Waals surface area contributed by atoms with Crippen LogP contribution < -0.4 is 11.1 Å². The number of anilines is 2. The van der Waals surface area contributed by atoms with Crippen LogP contribution in [0.3, 0.4) is 0 Å². The van der Waals surface area contributed by atoms with Gasteiger partial charge in [0.2, 0.25) is 11.9 Å². The third-order valence-corrected chi connectivity index (χ3v) is 4.85. The third kappa shape index (κ3) is 2.79. The van der Waals surface area contributed by atoms with Gasteiger partial charge in [0.05, 0.1) is 6.04 Å². The van der Waals surface area contributed by atoms with Gasteiger partial charge in [0.1, 0.15) is 5.82 Å². The van der Waals surface area contributed by atoms with Crippen LogP contribution >= 0.6 is 0 Å². The average molecular weight is 323 g/mol. The number of fused-ring (bicyclic) bond motifs is 1. The molecule has 2 aliphatic rings. The smallest absolute Gasteiger partial charge is 0.225 e. The summed E-state index contributed by atoms with van der Waals surface area (Å²) in [4.78, 5) is 22.8. The van der Waals surface area contributed by atoms with Gasteiger partial charge in [-0.2, -0.15) is 4.98 Å². The van der Waals surface area contributed by atoms with Crippen molar-refractivity contribution in [2.45, 2.75) is 38.3 Å². The Bertz CT molecular complexity index is 745. The fourth-order valence-electron chi connectivity index (χ4n) is 3.81. The van der Waals surface area contributed by atoms with Crippen LogP contribution in [0, 0.1) is 6.92 Å².